The predicted molar refractivity (Wildman–Crippen MR) is 90.3 cm³/mol. The number of nitrogens with zero attached hydrogens (tertiary/aromatic N) is 4. The molecular weight excluding hydrogens is 328 g/mol. The Morgan fingerprint density at radius 1 is 1.20 bits per heavy atom. The van der Waals surface area contributed by atoms with Gasteiger partial charge in [-0.2, -0.15) is 5.10 Å². The number of hydrogen-bond acceptors (Lipinski definition) is 5. The van der Waals surface area contributed by atoms with Gasteiger partial charge in [0.1, 0.15) is 23.6 Å². The van der Waals surface area contributed by atoms with Gasteiger partial charge in [0.2, 0.25) is 0 Å². The Balaban J connectivity index is 1.71. The minimum atomic E-state index is -1.49. The summed E-state index contributed by atoms with van der Waals surface area (Å²) >= 11 is 0. The first-order valence-corrected chi connectivity index (χ1v) is 8.12. The summed E-state index contributed by atoms with van der Waals surface area (Å²) in [4.78, 5) is 10.00. The highest BCUT2D eigenvalue weighted by atomic mass is 19.2. The zero-order valence-electron chi connectivity index (χ0n) is 13.6. The minimum Gasteiger partial charge on any atom is -0.494 e. The van der Waals surface area contributed by atoms with Crippen molar-refractivity contribution in [1.29, 1.82) is 0 Å². The molecule has 1 aliphatic heterocycles. The zero-order chi connectivity index (χ0) is 17.4. The van der Waals surface area contributed by atoms with Gasteiger partial charge in [0.15, 0.2) is 12.3 Å². The predicted octanol–water partition coefficient (Wildman–Crippen LogP) is 2.91. The van der Waals surface area contributed by atoms with Crippen LogP contribution in [-0.4, -0.2) is 52.2 Å². The number of aromatic amines is 1. The van der Waals surface area contributed by atoms with Gasteiger partial charge in [-0.15, -0.1) is 0 Å². The molecule has 0 radical (unpaired) electrons. The Labute approximate surface area is 142 Å². The molecule has 1 aliphatic rings. The highest BCUT2D eigenvalue weighted by Crippen LogP contribution is 2.30. The van der Waals surface area contributed by atoms with Gasteiger partial charge in [0.05, 0.1) is 30.9 Å². The van der Waals surface area contributed by atoms with Gasteiger partial charge in [-0.25, -0.2) is 18.7 Å². The molecule has 0 saturated carbocycles. The Morgan fingerprint density at radius 3 is 2.76 bits per heavy atom. The number of anilines is 1. The third kappa shape index (κ3) is 2.88. The van der Waals surface area contributed by atoms with E-state index < -0.39 is 12.3 Å². The maximum atomic E-state index is 13.5. The molecule has 0 spiro atoms. The monoisotopic (exact) mass is 345 g/mol. The molecule has 1 saturated heterocycles. The Morgan fingerprint density at radius 2 is 2.00 bits per heavy atom. The number of nitrogens with one attached hydrogen (secondary N) is 1. The molecule has 2 atom stereocenters. The van der Waals surface area contributed by atoms with Crippen LogP contribution in [-0.2, 0) is 0 Å². The Hall–Kier alpha value is -2.77. The van der Waals surface area contributed by atoms with E-state index in [0.29, 0.717) is 23.8 Å². The van der Waals surface area contributed by atoms with Crippen molar-refractivity contribution in [3.8, 4) is 17.1 Å². The van der Waals surface area contributed by atoms with Gasteiger partial charge >= 0.3 is 0 Å². The van der Waals surface area contributed by atoms with Crippen LogP contribution in [0.2, 0.25) is 0 Å². The summed E-state index contributed by atoms with van der Waals surface area (Å²) in [6.07, 6.45) is -1.59. The third-order valence-electron chi connectivity index (χ3n) is 4.25. The molecule has 2 aromatic heterocycles. The molecule has 130 valence electrons. The van der Waals surface area contributed by atoms with Crippen molar-refractivity contribution in [2.75, 3.05) is 24.6 Å². The molecule has 25 heavy (non-hydrogen) atoms. The number of halogens is 2. The quantitative estimate of drug-likeness (QED) is 0.787. The van der Waals surface area contributed by atoms with E-state index in [4.69, 9.17) is 4.74 Å². The first-order chi connectivity index (χ1) is 12.2. The molecule has 6 nitrogen and oxygen atoms in total. The first-order valence-electron chi connectivity index (χ1n) is 8.12. The Kier molecular flexibility index (Phi) is 3.95. The molecule has 4 rings (SSSR count). The summed E-state index contributed by atoms with van der Waals surface area (Å²) in [7, 11) is 0. The highest BCUT2D eigenvalue weighted by Gasteiger charge is 2.33. The number of H-pyrrole nitrogens is 1. The summed E-state index contributed by atoms with van der Waals surface area (Å²) < 4.78 is 32.5. The van der Waals surface area contributed by atoms with Crippen LogP contribution < -0.4 is 9.64 Å². The van der Waals surface area contributed by atoms with E-state index in [1.807, 2.05) is 25.1 Å². The molecule has 0 aliphatic carbocycles. The SMILES string of the molecule is CCOc1ccc2[nH]nc(-c3cc(N4CC(F)C(F)C4)ncn3)c2c1. The molecular formula is C17H17F2N5O. The summed E-state index contributed by atoms with van der Waals surface area (Å²) in [6, 6.07) is 7.35. The normalized spacial score (nSPS) is 20.4. The van der Waals surface area contributed by atoms with Crippen LogP contribution >= 0.6 is 0 Å². The van der Waals surface area contributed by atoms with Crippen molar-refractivity contribution >= 4 is 16.7 Å². The number of benzene rings is 1. The average molecular weight is 345 g/mol. The molecule has 0 bridgehead atoms. The van der Waals surface area contributed by atoms with Gasteiger partial charge < -0.3 is 9.64 Å². The van der Waals surface area contributed by atoms with E-state index >= 15 is 0 Å². The maximum absolute atomic E-state index is 13.5. The fourth-order valence-corrected chi connectivity index (χ4v) is 3.01. The van der Waals surface area contributed by atoms with E-state index in [2.05, 4.69) is 20.2 Å². The van der Waals surface area contributed by atoms with Crippen LogP contribution in [0.25, 0.3) is 22.3 Å². The number of fused-ring (bicyclic) bond motifs is 1. The summed E-state index contributed by atoms with van der Waals surface area (Å²) in [6.45, 7) is 2.48. The lowest BCUT2D eigenvalue weighted by atomic mass is 10.1. The number of alkyl halides is 2. The van der Waals surface area contributed by atoms with Gasteiger partial charge in [0, 0.05) is 11.5 Å². The number of rotatable bonds is 4. The molecule has 3 aromatic rings. The lowest BCUT2D eigenvalue weighted by Gasteiger charge is -2.15. The van der Waals surface area contributed by atoms with E-state index in [1.54, 1.807) is 11.0 Å². The van der Waals surface area contributed by atoms with E-state index in [1.165, 1.54) is 6.33 Å². The first kappa shape index (κ1) is 15.7. The van der Waals surface area contributed by atoms with E-state index in [-0.39, 0.29) is 13.1 Å². The topological polar surface area (TPSA) is 66.9 Å². The van der Waals surface area contributed by atoms with Crippen molar-refractivity contribution in [2.45, 2.75) is 19.3 Å². The van der Waals surface area contributed by atoms with Crippen LogP contribution in [0.3, 0.4) is 0 Å². The largest absolute Gasteiger partial charge is 0.494 e. The molecule has 1 aromatic carbocycles. The summed E-state index contributed by atoms with van der Waals surface area (Å²) in [5, 5.41) is 8.15. The Bertz CT molecular complexity index is 890. The van der Waals surface area contributed by atoms with Crippen molar-refractivity contribution in [3.05, 3.63) is 30.6 Å². The minimum absolute atomic E-state index is 0.00653. The second-order valence-electron chi connectivity index (χ2n) is 5.91. The van der Waals surface area contributed by atoms with Crippen molar-refractivity contribution in [3.63, 3.8) is 0 Å². The van der Waals surface area contributed by atoms with Crippen LogP contribution in [0.5, 0.6) is 5.75 Å². The maximum Gasteiger partial charge on any atom is 0.150 e. The van der Waals surface area contributed by atoms with Crippen LogP contribution in [0, 0.1) is 0 Å². The standard InChI is InChI=1S/C17H17F2N5O/c1-2-25-10-3-4-14-11(5-10)17(23-22-14)15-6-16(21-9-20-15)24-7-12(18)13(19)8-24/h3-6,9,12-13H,2,7-8H2,1H3,(H,22,23). The van der Waals surface area contributed by atoms with Crippen molar-refractivity contribution in [1.82, 2.24) is 20.2 Å². The molecule has 0 amide bonds. The van der Waals surface area contributed by atoms with Gasteiger partial charge in [-0.1, -0.05) is 0 Å². The van der Waals surface area contributed by atoms with Crippen molar-refractivity contribution in [2.24, 2.45) is 0 Å². The lowest BCUT2D eigenvalue weighted by molar-refractivity contribution is 0.217. The fourth-order valence-electron chi connectivity index (χ4n) is 3.01. The third-order valence-corrected chi connectivity index (χ3v) is 4.25. The van der Waals surface area contributed by atoms with Gasteiger partial charge in [-0.05, 0) is 25.1 Å². The van der Waals surface area contributed by atoms with Gasteiger partial charge in [0.25, 0.3) is 0 Å². The van der Waals surface area contributed by atoms with Crippen LogP contribution in [0.4, 0.5) is 14.6 Å². The highest BCUT2D eigenvalue weighted by molar-refractivity contribution is 5.93. The summed E-state index contributed by atoms with van der Waals surface area (Å²) in [5.41, 5.74) is 2.09. The lowest BCUT2D eigenvalue weighted by Crippen LogP contribution is -2.21. The zero-order valence-corrected chi connectivity index (χ0v) is 13.6. The number of hydrogen-bond donors (Lipinski definition) is 1. The number of aromatic nitrogens is 4. The van der Waals surface area contributed by atoms with E-state index in [0.717, 1.165) is 16.7 Å². The smallest absolute Gasteiger partial charge is 0.150 e. The molecule has 8 heteroatoms. The van der Waals surface area contributed by atoms with Crippen LogP contribution in [0.15, 0.2) is 30.6 Å². The molecule has 1 N–H and O–H groups in total. The average Bonchev–Trinajstić information content (AvgIpc) is 3.19. The van der Waals surface area contributed by atoms with E-state index in [9.17, 15) is 8.78 Å². The molecule has 2 unspecified atom stereocenters. The van der Waals surface area contributed by atoms with Crippen molar-refractivity contribution < 1.29 is 13.5 Å². The van der Waals surface area contributed by atoms with Crippen LogP contribution in [0.1, 0.15) is 6.92 Å². The molecule has 1 fully saturated rings. The second kappa shape index (κ2) is 6.27. The number of ether oxygens (including phenoxy) is 1. The van der Waals surface area contributed by atoms with Gasteiger partial charge in [-0.3, -0.25) is 5.10 Å². The second-order valence-corrected chi connectivity index (χ2v) is 5.91. The molecule has 3 heterocycles. The fraction of sp³-hybridized carbons (Fsp3) is 0.353. The summed E-state index contributed by atoms with van der Waals surface area (Å²) in [5.74, 6) is 1.23.